The van der Waals surface area contributed by atoms with Crippen LogP contribution in [0.5, 0.6) is 0 Å². The molecule has 2 rings (SSSR count). The Bertz CT molecular complexity index is 439. The van der Waals surface area contributed by atoms with Crippen molar-refractivity contribution in [1.29, 1.82) is 0 Å². The van der Waals surface area contributed by atoms with Crippen LogP contribution in [-0.2, 0) is 4.74 Å². The standard InChI is InChI=1S/C16H24FNO/c1-11(12-6-8-13(17)9-7-12)18-14-10-15(2,3)19-16(14,4)5/h6-9,11,14,18H,10H2,1-5H3. The number of hydrogen-bond donors (Lipinski definition) is 1. The van der Waals surface area contributed by atoms with E-state index in [-0.39, 0.29) is 23.1 Å². The molecule has 106 valence electrons. The summed E-state index contributed by atoms with van der Waals surface area (Å²) in [6.07, 6.45) is 0.978. The zero-order valence-electron chi connectivity index (χ0n) is 12.5. The Kier molecular flexibility index (Phi) is 3.72. The topological polar surface area (TPSA) is 21.3 Å². The van der Waals surface area contributed by atoms with Crippen molar-refractivity contribution in [1.82, 2.24) is 5.32 Å². The van der Waals surface area contributed by atoms with Crippen molar-refractivity contribution in [2.24, 2.45) is 0 Å². The van der Waals surface area contributed by atoms with Gasteiger partial charge in [-0.1, -0.05) is 12.1 Å². The highest BCUT2D eigenvalue weighted by Crippen LogP contribution is 2.38. The average molecular weight is 265 g/mol. The first-order valence-corrected chi connectivity index (χ1v) is 6.91. The highest BCUT2D eigenvalue weighted by Gasteiger charge is 2.46. The zero-order valence-corrected chi connectivity index (χ0v) is 12.5. The molecule has 1 fully saturated rings. The Morgan fingerprint density at radius 3 is 2.26 bits per heavy atom. The Balaban J connectivity index is 2.07. The molecule has 1 saturated heterocycles. The monoisotopic (exact) mass is 265 g/mol. The fraction of sp³-hybridized carbons (Fsp3) is 0.625. The fourth-order valence-corrected chi connectivity index (χ4v) is 2.97. The smallest absolute Gasteiger partial charge is 0.123 e. The Hall–Kier alpha value is -0.930. The van der Waals surface area contributed by atoms with E-state index in [9.17, 15) is 4.39 Å². The van der Waals surface area contributed by atoms with E-state index >= 15 is 0 Å². The van der Waals surface area contributed by atoms with Gasteiger partial charge in [0.25, 0.3) is 0 Å². The van der Waals surface area contributed by atoms with E-state index in [1.807, 2.05) is 12.1 Å². The van der Waals surface area contributed by atoms with Gasteiger partial charge in [0.05, 0.1) is 11.2 Å². The van der Waals surface area contributed by atoms with Crippen molar-refractivity contribution in [2.75, 3.05) is 0 Å². The fourth-order valence-electron chi connectivity index (χ4n) is 2.97. The van der Waals surface area contributed by atoms with Crippen molar-refractivity contribution in [3.63, 3.8) is 0 Å². The minimum atomic E-state index is -0.193. The van der Waals surface area contributed by atoms with E-state index in [4.69, 9.17) is 4.74 Å². The van der Waals surface area contributed by atoms with Crippen molar-refractivity contribution >= 4 is 0 Å². The molecule has 1 N–H and O–H groups in total. The third-order valence-electron chi connectivity index (χ3n) is 3.90. The van der Waals surface area contributed by atoms with Crippen molar-refractivity contribution in [3.8, 4) is 0 Å². The molecule has 0 aliphatic carbocycles. The van der Waals surface area contributed by atoms with E-state index in [0.717, 1.165) is 12.0 Å². The second-order valence-corrected chi connectivity index (χ2v) is 6.66. The molecule has 19 heavy (non-hydrogen) atoms. The number of ether oxygens (including phenoxy) is 1. The van der Waals surface area contributed by atoms with Crippen molar-refractivity contribution < 1.29 is 9.13 Å². The lowest BCUT2D eigenvalue weighted by atomic mass is 9.93. The van der Waals surface area contributed by atoms with Crippen LogP contribution in [0.2, 0.25) is 0 Å². The van der Waals surface area contributed by atoms with Gasteiger partial charge < -0.3 is 10.1 Å². The summed E-state index contributed by atoms with van der Waals surface area (Å²) in [5.74, 6) is -0.193. The molecule has 0 spiro atoms. The minimum Gasteiger partial charge on any atom is -0.368 e. The highest BCUT2D eigenvalue weighted by atomic mass is 19.1. The van der Waals surface area contributed by atoms with Crippen LogP contribution in [0.15, 0.2) is 24.3 Å². The number of benzene rings is 1. The van der Waals surface area contributed by atoms with Crippen LogP contribution in [0.4, 0.5) is 4.39 Å². The SMILES string of the molecule is CC(NC1CC(C)(C)OC1(C)C)c1ccc(F)cc1. The van der Waals surface area contributed by atoms with Crippen LogP contribution in [0, 0.1) is 5.82 Å². The molecule has 2 nitrogen and oxygen atoms in total. The minimum absolute atomic E-state index is 0.0936. The number of nitrogens with one attached hydrogen (secondary N) is 1. The van der Waals surface area contributed by atoms with E-state index in [0.29, 0.717) is 6.04 Å². The zero-order chi connectivity index (χ0) is 14.3. The summed E-state index contributed by atoms with van der Waals surface area (Å²) in [6.45, 7) is 10.6. The van der Waals surface area contributed by atoms with E-state index in [2.05, 4.69) is 39.9 Å². The summed E-state index contributed by atoms with van der Waals surface area (Å²) in [5.41, 5.74) is 0.823. The predicted molar refractivity (Wildman–Crippen MR) is 75.6 cm³/mol. The lowest BCUT2D eigenvalue weighted by Crippen LogP contribution is -2.44. The van der Waals surface area contributed by atoms with Gasteiger partial charge >= 0.3 is 0 Å². The molecule has 3 heteroatoms. The van der Waals surface area contributed by atoms with Crippen molar-refractivity contribution in [2.45, 2.75) is 64.3 Å². The first-order valence-electron chi connectivity index (χ1n) is 6.91. The van der Waals surface area contributed by atoms with Gasteiger partial charge in [0.15, 0.2) is 0 Å². The lowest BCUT2D eigenvalue weighted by Gasteiger charge is -2.30. The average Bonchev–Trinajstić information content (AvgIpc) is 2.47. The van der Waals surface area contributed by atoms with E-state index < -0.39 is 0 Å². The first-order chi connectivity index (χ1) is 8.70. The Morgan fingerprint density at radius 1 is 1.21 bits per heavy atom. The number of hydrogen-bond acceptors (Lipinski definition) is 2. The molecular formula is C16H24FNO. The Morgan fingerprint density at radius 2 is 1.79 bits per heavy atom. The second-order valence-electron chi connectivity index (χ2n) is 6.66. The van der Waals surface area contributed by atoms with Crippen LogP contribution in [-0.4, -0.2) is 17.2 Å². The number of rotatable bonds is 3. The molecule has 1 aromatic carbocycles. The van der Waals surface area contributed by atoms with Crippen LogP contribution in [0.3, 0.4) is 0 Å². The molecule has 2 atom stereocenters. The van der Waals surface area contributed by atoms with Gasteiger partial charge in [-0.2, -0.15) is 0 Å². The summed E-state index contributed by atoms with van der Waals surface area (Å²) in [5, 5.41) is 3.61. The summed E-state index contributed by atoms with van der Waals surface area (Å²) >= 11 is 0. The first kappa shape index (κ1) is 14.5. The molecule has 0 saturated carbocycles. The molecule has 0 radical (unpaired) electrons. The molecule has 1 aromatic rings. The summed E-state index contributed by atoms with van der Waals surface area (Å²) in [7, 11) is 0. The van der Waals surface area contributed by atoms with Gasteiger partial charge in [-0.25, -0.2) is 4.39 Å². The van der Waals surface area contributed by atoms with Crippen LogP contribution in [0.25, 0.3) is 0 Å². The Labute approximate surface area is 115 Å². The van der Waals surface area contributed by atoms with Gasteiger partial charge in [-0.3, -0.25) is 0 Å². The highest BCUT2D eigenvalue weighted by molar-refractivity contribution is 5.20. The molecule has 0 amide bonds. The number of halogens is 1. The molecule has 0 bridgehead atoms. The van der Waals surface area contributed by atoms with Crippen LogP contribution < -0.4 is 5.32 Å². The quantitative estimate of drug-likeness (QED) is 0.897. The van der Waals surface area contributed by atoms with Gasteiger partial charge in [-0.15, -0.1) is 0 Å². The van der Waals surface area contributed by atoms with E-state index in [1.54, 1.807) is 0 Å². The molecule has 1 aliphatic rings. The summed E-state index contributed by atoms with van der Waals surface area (Å²) < 4.78 is 19.0. The lowest BCUT2D eigenvalue weighted by molar-refractivity contribution is -0.0703. The van der Waals surface area contributed by atoms with Crippen molar-refractivity contribution in [3.05, 3.63) is 35.6 Å². The molecule has 2 unspecified atom stereocenters. The molecular weight excluding hydrogens is 241 g/mol. The maximum atomic E-state index is 12.9. The maximum Gasteiger partial charge on any atom is 0.123 e. The van der Waals surface area contributed by atoms with E-state index in [1.165, 1.54) is 12.1 Å². The predicted octanol–water partition coefficient (Wildman–Crippen LogP) is 3.82. The summed E-state index contributed by atoms with van der Waals surface area (Å²) in [4.78, 5) is 0. The summed E-state index contributed by atoms with van der Waals surface area (Å²) in [6, 6.07) is 7.16. The maximum absolute atomic E-state index is 12.9. The second kappa shape index (κ2) is 4.88. The van der Waals surface area contributed by atoms with Crippen LogP contribution in [0.1, 0.15) is 52.6 Å². The van der Waals surface area contributed by atoms with Crippen LogP contribution >= 0.6 is 0 Å². The van der Waals surface area contributed by atoms with Gasteiger partial charge in [0.2, 0.25) is 0 Å². The third-order valence-corrected chi connectivity index (χ3v) is 3.90. The largest absolute Gasteiger partial charge is 0.368 e. The van der Waals surface area contributed by atoms with Gasteiger partial charge in [-0.05, 0) is 58.7 Å². The molecule has 1 aliphatic heterocycles. The molecule has 0 aromatic heterocycles. The van der Waals surface area contributed by atoms with Gasteiger partial charge in [0.1, 0.15) is 5.82 Å². The third kappa shape index (κ3) is 3.34. The molecule has 1 heterocycles. The normalized spacial score (nSPS) is 26.3. The van der Waals surface area contributed by atoms with Gasteiger partial charge in [0, 0.05) is 12.1 Å².